The van der Waals surface area contributed by atoms with E-state index in [9.17, 15) is 4.79 Å². The Morgan fingerprint density at radius 1 is 1.50 bits per heavy atom. The number of aromatic amines is 1. The van der Waals surface area contributed by atoms with Gasteiger partial charge in [-0.15, -0.1) is 0 Å². The van der Waals surface area contributed by atoms with Gasteiger partial charge in [-0.2, -0.15) is 5.10 Å². The van der Waals surface area contributed by atoms with Crippen molar-refractivity contribution in [1.29, 1.82) is 0 Å². The van der Waals surface area contributed by atoms with Gasteiger partial charge in [-0.3, -0.25) is 14.8 Å². The third-order valence-electron chi connectivity index (χ3n) is 4.51. The Morgan fingerprint density at radius 3 is 3.08 bits per heavy atom. The Balaban J connectivity index is 1.70. The van der Waals surface area contributed by atoms with Gasteiger partial charge in [0.25, 0.3) is 5.91 Å². The lowest BCUT2D eigenvalue weighted by Crippen LogP contribution is -2.24. The van der Waals surface area contributed by atoms with Crippen LogP contribution in [0.4, 0.5) is 5.82 Å². The molecule has 0 spiro atoms. The minimum atomic E-state index is 0.00179. The van der Waals surface area contributed by atoms with Crippen LogP contribution in [0.2, 0.25) is 0 Å². The summed E-state index contributed by atoms with van der Waals surface area (Å²) in [5.74, 6) is 1.23. The van der Waals surface area contributed by atoms with Gasteiger partial charge in [0.1, 0.15) is 5.82 Å². The molecule has 1 atom stereocenters. The Bertz CT molecular complexity index is 711. The normalized spacial score (nSPS) is 17.9. The number of carbonyl (C=O) groups excluding carboxylic acids is 1. The van der Waals surface area contributed by atoms with Gasteiger partial charge in [-0.05, 0) is 19.0 Å². The van der Waals surface area contributed by atoms with Crippen LogP contribution in [-0.2, 0) is 6.54 Å². The van der Waals surface area contributed by atoms with Crippen LogP contribution in [0.25, 0.3) is 0 Å². The van der Waals surface area contributed by atoms with Crippen LogP contribution in [0, 0.1) is 0 Å². The molecule has 24 heavy (non-hydrogen) atoms. The van der Waals surface area contributed by atoms with Crippen molar-refractivity contribution in [3.05, 3.63) is 41.3 Å². The van der Waals surface area contributed by atoms with Gasteiger partial charge in [0, 0.05) is 51.9 Å². The molecular formula is C17H24N6O. The monoisotopic (exact) mass is 328 g/mol. The largest absolute Gasteiger partial charge is 0.373 e. The maximum absolute atomic E-state index is 12.3. The molecular weight excluding hydrogens is 304 g/mol. The van der Waals surface area contributed by atoms with Crippen molar-refractivity contribution in [2.24, 2.45) is 0 Å². The highest BCUT2D eigenvalue weighted by Crippen LogP contribution is 2.30. The van der Waals surface area contributed by atoms with E-state index in [4.69, 9.17) is 0 Å². The first-order valence-electron chi connectivity index (χ1n) is 8.19. The van der Waals surface area contributed by atoms with Crippen LogP contribution in [0.15, 0.2) is 24.5 Å². The number of rotatable bonds is 5. The Morgan fingerprint density at radius 2 is 2.33 bits per heavy atom. The lowest BCUT2D eigenvalue weighted by molar-refractivity contribution is 0.0826. The molecule has 1 aliphatic rings. The highest BCUT2D eigenvalue weighted by atomic mass is 16.2. The highest BCUT2D eigenvalue weighted by molar-refractivity contribution is 5.94. The fourth-order valence-corrected chi connectivity index (χ4v) is 3.26. The molecule has 2 aromatic heterocycles. The number of anilines is 1. The summed E-state index contributed by atoms with van der Waals surface area (Å²) in [6.45, 7) is 2.76. The summed E-state index contributed by atoms with van der Waals surface area (Å²) in [4.78, 5) is 20.6. The predicted octanol–water partition coefficient (Wildman–Crippen LogP) is 1.54. The number of hydrogen-bond acceptors (Lipinski definition) is 5. The lowest BCUT2D eigenvalue weighted by Gasteiger charge is -2.18. The first-order chi connectivity index (χ1) is 11.6. The zero-order valence-corrected chi connectivity index (χ0v) is 14.4. The van der Waals surface area contributed by atoms with Gasteiger partial charge in [-0.25, -0.2) is 4.98 Å². The van der Waals surface area contributed by atoms with E-state index in [1.165, 1.54) is 5.56 Å². The van der Waals surface area contributed by atoms with Crippen LogP contribution in [0.3, 0.4) is 0 Å². The van der Waals surface area contributed by atoms with Gasteiger partial charge in [0.2, 0.25) is 0 Å². The molecule has 0 bridgehead atoms. The number of hydrogen-bond donors (Lipinski definition) is 2. The second-order valence-corrected chi connectivity index (χ2v) is 6.38. The van der Waals surface area contributed by atoms with Crippen molar-refractivity contribution in [2.75, 3.05) is 39.5 Å². The summed E-state index contributed by atoms with van der Waals surface area (Å²) in [6, 6.07) is 4.07. The average molecular weight is 328 g/mol. The zero-order valence-electron chi connectivity index (χ0n) is 14.4. The Hall–Kier alpha value is -2.41. The summed E-state index contributed by atoms with van der Waals surface area (Å²) < 4.78 is 0. The molecule has 0 unspecified atom stereocenters. The van der Waals surface area contributed by atoms with Gasteiger partial charge >= 0.3 is 0 Å². The standard InChI is InChI=1S/C17H24N6O/c1-18-16-13(5-4-7-19-16)11-23-8-6-12(10-23)15-14(9-20-21-15)17(24)22(2)3/h4-5,7,9,12H,6,8,10-11H2,1-3H3,(H,18,19)(H,20,21)/t12-/m0/s1. The molecule has 1 aliphatic heterocycles. The van der Waals surface area contributed by atoms with E-state index >= 15 is 0 Å². The minimum Gasteiger partial charge on any atom is -0.373 e. The van der Waals surface area contributed by atoms with Crippen LogP contribution < -0.4 is 5.32 Å². The third kappa shape index (κ3) is 3.26. The molecule has 3 rings (SSSR count). The van der Waals surface area contributed by atoms with Crippen molar-refractivity contribution in [3.8, 4) is 0 Å². The quantitative estimate of drug-likeness (QED) is 0.870. The summed E-state index contributed by atoms with van der Waals surface area (Å²) in [6.07, 6.45) is 4.46. The number of H-pyrrole nitrogens is 1. The summed E-state index contributed by atoms with van der Waals surface area (Å²) >= 11 is 0. The van der Waals surface area contributed by atoms with Crippen LogP contribution in [0.5, 0.6) is 0 Å². The topological polar surface area (TPSA) is 77.1 Å². The molecule has 0 saturated carbocycles. The van der Waals surface area contributed by atoms with Crippen LogP contribution in [0.1, 0.15) is 34.0 Å². The molecule has 0 aliphatic carbocycles. The minimum absolute atomic E-state index is 0.00179. The first kappa shape index (κ1) is 16.4. The van der Waals surface area contributed by atoms with E-state index in [0.29, 0.717) is 11.5 Å². The van der Waals surface area contributed by atoms with Gasteiger partial charge in [0.05, 0.1) is 17.5 Å². The van der Waals surface area contributed by atoms with E-state index < -0.39 is 0 Å². The Labute approximate surface area is 142 Å². The van der Waals surface area contributed by atoms with Gasteiger partial charge in [-0.1, -0.05) is 6.07 Å². The maximum atomic E-state index is 12.3. The molecule has 1 saturated heterocycles. The molecule has 7 nitrogen and oxygen atoms in total. The molecule has 1 fully saturated rings. The van der Waals surface area contributed by atoms with Crippen molar-refractivity contribution < 1.29 is 4.79 Å². The van der Waals surface area contributed by atoms with E-state index in [1.54, 1.807) is 31.4 Å². The van der Waals surface area contributed by atoms with Crippen molar-refractivity contribution in [2.45, 2.75) is 18.9 Å². The predicted molar refractivity (Wildman–Crippen MR) is 93.0 cm³/mol. The molecule has 0 aromatic carbocycles. The second kappa shape index (κ2) is 7.00. The molecule has 3 heterocycles. The number of carbonyl (C=O) groups is 1. The maximum Gasteiger partial charge on any atom is 0.256 e. The van der Waals surface area contributed by atoms with E-state index in [1.807, 2.05) is 13.1 Å². The van der Waals surface area contributed by atoms with Crippen LogP contribution >= 0.6 is 0 Å². The number of aromatic nitrogens is 3. The summed E-state index contributed by atoms with van der Waals surface area (Å²) in [7, 11) is 5.42. The van der Waals surface area contributed by atoms with Gasteiger partial charge < -0.3 is 10.2 Å². The smallest absolute Gasteiger partial charge is 0.256 e. The summed E-state index contributed by atoms with van der Waals surface area (Å²) in [5.41, 5.74) is 2.83. The molecule has 128 valence electrons. The molecule has 0 radical (unpaired) electrons. The third-order valence-corrected chi connectivity index (χ3v) is 4.51. The number of nitrogens with one attached hydrogen (secondary N) is 2. The highest BCUT2D eigenvalue weighted by Gasteiger charge is 2.29. The van der Waals surface area contributed by atoms with Gasteiger partial charge in [0.15, 0.2) is 0 Å². The molecule has 7 heteroatoms. The number of pyridine rings is 1. The molecule has 2 N–H and O–H groups in total. The lowest BCUT2D eigenvalue weighted by atomic mass is 10.0. The Kier molecular flexibility index (Phi) is 4.80. The van der Waals surface area contributed by atoms with E-state index in [2.05, 4.69) is 31.5 Å². The fraction of sp³-hybridized carbons (Fsp3) is 0.471. The number of amides is 1. The summed E-state index contributed by atoms with van der Waals surface area (Å²) in [5, 5.41) is 10.3. The number of nitrogens with zero attached hydrogens (tertiary/aromatic N) is 4. The average Bonchev–Trinajstić information content (AvgIpc) is 3.23. The van der Waals surface area contributed by atoms with E-state index in [0.717, 1.165) is 37.6 Å². The number of likely N-dealkylation sites (tertiary alicyclic amines) is 1. The molecule has 1 amide bonds. The molecule has 2 aromatic rings. The second-order valence-electron chi connectivity index (χ2n) is 6.38. The van der Waals surface area contributed by atoms with Crippen molar-refractivity contribution >= 4 is 11.7 Å². The van der Waals surface area contributed by atoms with Crippen molar-refractivity contribution in [1.82, 2.24) is 25.0 Å². The van der Waals surface area contributed by atoms with Crippen molar-refractivity contribution in [3.63, 3.8) is 0 Å². The van der Waals surface area contributed by atoms with E-state index in [-0.39, 0.29) is 5.91 Å². The zero-order chi connectivity index (χ0) is 17.1. The fourth-order valence-electron chi connectivity index (χ4n) is 3.26. The first-order valence-corrected chi connectivity index (χ1v) is 8.19. The SMILES string of the molecule is CNc1ncccc1CN1CC[C@H](c2[nH]ncc2C(=O)N(C)C)C1. The van der Waals surface area contributed by atoms with Crippen LogP contribution in [-0.4, -0.2) is 65.1 Å².